The highest BCUT2D eigenvalue weighted by Gasteiger charge is 2.16. The zero-order chi connectivity index (χ0) is 19.8. The number of methoxy groups -OCH3 is 2. The lowest BCUT2D eigenvalue weighted by Gasteiger charge is -2.29. The third-order valence-corrected chi connectivity index (χ3v) is 4.74. The molecule has 0 radical (unpaired) electrons. The average molecular weight is 385 g/mol. The Kier molecular flexibility index (Phi) is 7.08. The molecule has 0 spiro atoms. The van der Waals surface area contributed by atoms with Crippen LogP contribution in [-0.2, 0) is 22.5 Å². The Labute approximate surface area is 165 Å². The molecule has 1 saturated heterocycles. The monoisotopic (exact) mass is 385 g/mol. The molecule has 1 N–H and O–H groups in total. The molecule has 28 heavy (non-hydrogen) atoms. The van der Waals surface area contributed by atoms with Crippen LogP contribution in [0.3, 0.4) is 0 Å². The van der Waals surface area contributed by atoms with Gasteiger partial charge in [0, 0.05) is 37.8 Å². The first-order valence-corrected chi connectivity index (χ1v) is 9.45. The molecule has 0 aliphatic carbocycles. The van der Waals surface area contributed by atoms with Gasteiger partial charge in [-0.1, -0.05) is 12.1 Å². The van der Waals surface area contributed by atoms with Gasteiger partial charge in [-0.2, -0.15) is 0 Å². The summed E-state index contributed by atoms with van der Waals surface area (Å²) in [6, 6.07) is 9.62. The molecule has 1 aliphatic heterocycles. The zero-order valence-corrected chi connectivity index (χ0v) is 16.4. The predicted molar refractivity (Wildman–Crippen MR) is 107 cm³/mol. The van der Waals surface area contributed by atoms with Crippen LogP contribution in [-0.4, -0.2) is 51.4 Å². The number of aryl methyl sites for hydroxylation is 1. The van der Waals surface area contributed by atoms with Gasteiger partial charge in [-0.25, -0.2) is 4.98 Å². The van der Waals surface area contributed by atoms with Crippen LogP contribution in [0, 0.1) is 0 Å². The molecule has 0 atom stereocenters. The summed E-state index contributed by atoms with van der Waals surface area (Å²) in [5.74, 6) is 2.28. The molecule has 150 valence electrons. The summed E-state index contributed by atoms with van der Waals surface area (Å²) in [4.78, 5) is 19.0. The Morgan fingerprint density at radius 3 is 2.71 bits per heavy atom. The summed E-state index contributed by atoms with van der Waals surface area (Å²) in [5.41, 5.74) is 2.05. The minimum atomic E-state index is 0.00608. The second-order valence-electron chi connectivity index (χ2n) is 6.55. The maximum atomic E-state index is 12.3. The van der Waals surface area contributed by atoms with E-state index in [1.807, 2.05) is 30.3 Å². The number of anilines is 1. The van der Waals surface area contributed by atoms with E-state index >= 15 is 0 Å². The largest absolute Gasteiger partial charge is 0.493 e. The number of carbonyl (C=O) groups is 1. The van der Waals surface area contributed by atoms with Crippen molar-refractivity contribution in [3.05, 3.63) is 47.7 Å². The quantitative estimate of drug-likeness (QED) is 0.751. The highest BCUT2D eigenvalue weighted by Crippen LogP contribution is 2.28. The van der Waals surface area contributed by atoms with Crippen molar-refractivity contribution in [1.29, 1.82) is 0 Å². The Morgan fingerprint density at radius 1 is 1.18 bits per heavy atom. The van der Waals surface area contributed by atoms with Crippen LogP contribution in [0.1, 0.15) is 17.5 Å². The summed E-state index contributed by atoms with van der Waals surface area (Å²) >= 11 is 0. The fourth-order valence-corrected chi connectivity index (χ4v) is 3.20. The van der Waals surface area contributed by atoms with E-state index in [0.29, 0.717) is 44.1 Å². The fraction of sp³-hybridized carbons (Fsp3) is 0.429. The van der Waals surface area contributed by atoms with Crippen molar-refractivity contribution in [3.8, 4) is 11.5 Å². The Morgan fingerprint density at radius 2 is 1.96 bits per heavy atom. The molecule has 0 saturated carbocycles. The summed E-state index contributed by atoms with van der Waals surface area (Å²) in [7, 11) is 3.21. The molecular formula is C21H27N3O4. The first-order chi connectivity index (χ1) is 13.7. The van der Waals surface area contributed by atoms with Crippen LogP contribution in [0.2, 0.25) is 0 Å². The Balaban J connectivity index is 1.54. The van der Waals surface area contributed by atoms with E-state index in [0.717, 1.165) is 30.0 Å². The summed E-state index contributed by atoms with van der Waals surface area (Å²) < 4.78 is 16.0. The van der Waals surface area contributed by atoms with E-state index in [4.69, 9.17) is 14.2 Å². The number of nitrogens with zero attached hydrogens (tertiary/aromatic N) is 2. The molecule has 7 heteroatoms. The molecule has 1 aliphatic rings. The van der Waals surface area contributed by atoms with Crippen molar-refractivity contribution in [2.75, 3.05) is 45.4 Å². The molecule has 2 heterocycles. The molecule has 0 unspecified atom stereocenters. The van der Waals surface area contributed by atoms with Gasteiger partial charge < -0.3 is 24.4 Å². The summed E-state index contributed by atoms with van der Waals surface area (Å²) in [6.07, 6.45) is 2.82. The van der Waals surface area contributed by atoms with Crippen LogP contribution in [0.15, 0.2) is 36.5 Å². The number of aromatic nitrogens is 1. The number of morpholine rings is 1. The number of pyridine rings is 1. The van der Waals surface area contributed by atoms with Crippen molar-refractivity contribution in [3.63, 3.8) is 0 Å². The normalized spacial score (nSPS) is 13.9. The van der Waals surface area contributed by atoms with Gasteiger partial charge in [0.25, 0.3) is 0 Å². The standard InChI is InChI=1S/C21H27N3O4/c1-26-18-7-5-16(14-19(18)27-2)6-8-20(25)23-15-17-4-3-9-22-21(17)24-10-12-28-13-11-24/h3-5,7,9,14H,6,8,10-13,15H2,1-2H3,(H,23,25). The number of hydrogen-bond acceptors (Lipinski definition) is 6. The van der Waals surface area contributed by atoms with Gasteiger partial charge in [-0.15, -0.1) is 0 Å². The fourth-order valence-electron chi connectivity index (χ4n) is 3.20. The number of amides is 1. The van der Waals surface area contributed by atoms with Crippen molar-refractivity contribution >= 4 is 11.7 Å². The second kappa shape index (κ2) is 9.94. The molecule has 0 bridgehead atoms. The van der Waals surface area contributed by atoms with Gasteiger partial charge in [0.15, 0.2) is 11.5 Å². The average Bonchev–Trinajstić information content (AvgIpc) is 2.76. The van der Waals surface area contributed by atoms with Gasteiger partial charge >= 0.3 is 0 Å². The smallest absolute Gasteiger partial charge is 0.220 e. The number of carbonyl (C=O) groups excluding carboxylic acids is 1. The van der Waals surface area contributed by atoms with Gasteiger partial charge in [0.1, 0.15) is 5.82 Å². The lowest BCUT2D eigenvalue weighted by atomic mass is 10.1. The number of nitrogens with one attached hydrogen (secondary N) is 1. The molecule has 7 nitrogen and oxygen atoms in total. The number of benzene rings is 1. The van der Waals surface area contributed by atoms with Gasteiger partial charge in [0.05, 0.1) is 27.4 Å². The van der Waals surface area contributed by atoms with Crippen LogP contribution in [0.25, 0.3) is 0 Å². The van der Waals surface area contributed by atoms with Crippen LogP contribution in [0.4, 0.5) is 5.82 Å². The highest BCUT2D eigenvalue weighted by molar-refractivity contribution is 5.76. The minimum absolute atomic E-state index is 0.00608. The predicted octanol–water partition coefficient (Wildman–Crippen LogP) is 2.18. The first kappa shape index (κ1) is 19.9. The Hall–Kier alpha value is -2.80. The summed E-state index contributed by atoms with van der Waals surface area (Å²) in [5, 5.41) is 3.01. The maximum Gasteiger partial charge on any atom is 0.220 e. The Bertz CT molecular complexity index is 791. The topological polar surface area (TPSA) is 72.9 Å². The third-order valence-electron chi connectivity index (χ3n) is 4.74. The third kappa shape index (κ3) is 5.13. The van der Waals surface area contributed by atoms with E-state index in [1.54, 1.807) is 20.4 Å². The van der Waals surface area contributed by atoms with Crippen LogP contribution in [0.5, 0.6) is 11.5 Å². The van der Waals surface area contributed by atoms with Gasteiger partial charge in [-0.05, 0) is 30.2 Å². The van der Waals surface area contributed by atoms with Gasteiger partial charge in [-0.3, -0.25) is 4.79 Å². The first-order valence-electron chi connectivity index (χ1n) is 9.45. The van der Waals surface area contributed by atoms with Crippen LogP contribution >= 0.6 is 0 Å². The van der Waals surface area contributed by atoms with Crippen molar-refractivity contribution in [1.82, 2.24) is 10.3 Å². The molecule has 1 fully saturated rings. The van der Waals surface area contributed by atoms with Crippen molar-refractivity contribution < 1.29 is 19.0 Å². The van der Waals surface area contributed by atoms with E-state index in [1.165, 1.54) is 0 Å². The van der Waals surface area contributed by atoms with Crippen molar-refractivity contribution in [2.24, 2.45) is 0 Å². The number of ether oxygens (including phenoxy) is 3. The van der Waals surface area contributed by atoms with E-state index in [-0.39, 0.29) is 5.91 Å². The van der Waals surface area contributed by atoms with E-state index in [9.17, 15) is 4.79 Å². The molecular weight excluding hydrogens is 358 g/mol. The lowest BCUT2D eigenvalue weighted by molar-refractivity contribution is -0.121. The molecule has 1 amide bonds. The number of hydrogen-bond donors (Lipinski definition) is 1. The molecule has 1 aromatic heterocycles. The van der Waals surface area contributed by atoms with Gasteiger partial charge in [0.2, 0.25) is 5.91 Å². The minimum Gasteiger partial charge on any atom is -0.493 e. The number of rotatable bonds is 8. The maximum absolute atomic E-state index is 12.3. The molecule has 1 aromatic carbocycles. The highest BCUT2D eigenvalue weighted by atomic mass is 16.5. The molecule has 2 aromatic rings. The van der Waals surface area contributed by atoms with Crippen molar-refractivity contribution in [2.45, 2.75) is 19.4 Å². The SMILES string of the molecule is COc1ccc(CCC(=O)NCc2cccnc2N2CCOCC2)cc1OC. The van der Waals surface area contributed by atoms with E-state index in [2.05, 4.69) is 15.2 Å². The zero-order valence-electron chi connectivity index (χ0n) is 16.4. The van der Waals surface area contributed by atoms with E-state index < -0.39 is 0 Å². The second-order valence-corrected chi connectivity index (χ2v) is 6.55. The summed E-state index contributed by atoms with van der Waals surface area (Å²) in [6.45, 7) is 3.50. The van der Waals surface area contributed by atoms with Crippen LogP contribution < -0.4 is 19.7 Å². The molecule has 3 rings (SSSR count). The lowest BCUT2D eigenvalue weighted by Crippen LogP contribution is -2.37.